The first-order chi connectivity index (χ1) is 13.2. The number of methoxy groups -OCH3 is 1. The van der Waals surface area contributed by atoms with Gasteiger partial charge in [-0.2, -0.15) is 0 Å². The summed E-state index contributed by atoms with van der Waals surface area (Å²) in [7, 11) is -1.58. The molecule has 1 aliphatic heterocycles. The van der Waals surface area contributed by atoms with Crippen LogP contribution in [-0.4, -0.2) is 69.4 Å². The average Bonchev–Trinajstić information content (AvgIpc) is 3.00. The van der Waals surface area contributed by atoms with Crippen LogP contribution in [0.25, 0.3) is 0 Å². The van der Waals surface area contributed by atoms with Crippen molar-refractivity contribution in [2.75, 3.05) is 43.6 Å². The van der Waals surface area contributed by atoms with Gasteiger partial charge in [-0.3, -0.25) is 14.5 Å². The van der Waals surface area contributed by atoms with E-state index in [1.807, 2.05) is 13.0 Å². The van der Waals surface area contributed by atoms with Gasteiger partial charge in [0.15, 0.2) is 9.84 Å². The molecule has 9 heteroatoms. The lowest BCUT2D eigenvalue weighted by Gasteiger charge is -2.25. The summed E-state index contributed by atoms with van der Waals surface area (Å²) in [6.45, 7) is 1.77. The number of carbonyl (C=O) groups is 2. The summed E-state index contributed by atoms with van der Waals surface area (Å²) >= 11 is 0. The van der Waals surface area contributed by atoms with Crippen LogP contribution in [0.5, 0.6) is 5.75 Å². The van der Waals surface area contributed by atoms with E-state index in [1.54, 1.807) is 17.0 Å². The molecular formula is C19H25N3O5S. The Morgan fingerprint density at radius 1 is 1.36 bits per heavy atom. The number of ether oxygens (including phenoxy) is 1. The Labute approximate surface area is 165 Å². The van der Waals surface area contributed by atoms with Crippen molar-refractivity contribution in [3.8, 4) is 18.1 Å². The molecule has 1 heterocycles. The molecule has 1 fully saturated rings. The molecule has 2 N–H and O–H groups in total. The fourth-order valence-corrected chi connectivity index (χ4v) is 4.79. The van der Waals surface area contributed by atoms with E-state index in [-0.39, 0.29) is 37.2 Å². The standard InChI is InChI=1S/C19H25N3O5S/c1-4-8-22(15-7-9-28(25,26)13-15)12-19(24)20-11-18(23)21-16-10-14(2)5-6-17(16)27-3/h1,5-6,10,15H,7-9,11-13H2,2-3H3,(H,20,24)(H,21,23). The predicted octanol–water partition coefficient (Wildman–Crippen LogP) is 0.181. The number of hydrogen-bond acceptors (Lipinski definition) is 6. The van der Waals surface area contributed by atoms with Gasteiger partial charge in [0, 0.05) is 6.04 Å². The number of nitrogens with zero attached hydrogens (tertiary/aromatic N) is 1. The summed E-state index contributed by atoms with van der Waals surface area (Å²) in [6.07, 6.45) is 5.79. The smallest absolute Gasteiger partial charge is 0.243 e. The third-order valence-corrected chi connectivity index (χ3v) is 6.19. The lowest BCUT2D eigenvalue weighted by Crippen LogP contribution is -2.45. The molecule has 8 nitrogen and oxygen atoms in total. The molecule has 0 spiro atoms. The summed E-state index contributed by atoms with van der Waals surface area (Å²) in [4.78, 5) is 26.0. The minimum atomic E-state index is -3.08. The summed E-state index contributed by atoms with van der Waals surface area (Å²) in [5.41, 5.74) is 1.48. The van der Waals surface area contributed by atoms with Gasteiger partial charge < -0.3 is 15.4 Å². The first-order valence-corrected chi connectivity index (χ1v) is 10.7. The van der Waals surface area contributed by atoms with E-state index < -0.39 is 21.7 Å². The fourth-order valence-electron chi connectivity index (χ4n) is 3.03. The molecule has 1 aromatic rings. The minimum Gasteiger partial charge on any atom is -0.495 e. The Balaban J connectivity index is 1.88. The van der Waals surface area contributed by atoms with Gasteiger partial charge >= 0.3 is 0 Å². The maximum Gasteiger partial charge on any atom is 0.243 e. The van der Waals surface area contributed by atoms with Crippen LogP contribution < -0.4 is 15.4 Å². The molecule has 2 rings (SSSR count). The van der Waals surface area contributed by atoms with Crippen molar-refractivity contribution in [2.24, 2.45) is 0 Å². The average molecular weight is 407 g/mol. The second-order valence-corrected chi connectivity index (χ2v) is 8.92. The predicted molar refractivity (Wildman–Crippen MR) is 107 cm³/mol. The van der Waals surface area contributed by atoms with Gasteiger partial charge in [0.1, 0.15) is 5.75 Å². The molecule has 0 bridgehead atoms. The Hall–Kier alpha value is -2.57. The first-order valence-electron chi connectivity index (χ1n) is 8.83. The van der Waals surface area contributed by atoms with Crippen molar-refractivity contribution >= 4 is 27.3 Å². The number of hydrogen-bond donors (Lipinski definition) is 2. The Morgan fingerprint density at radius 2 is 2.11 bits per heavy atom. The van der Waals surface area contributed by atoms with Crippen molar-refractivity contribution in [1.82, 2.24) is 10.2 Å². The van der Waals surface area contributed by atoms with E-state index in [4.69, 9.17) is 11.2 Å². The summed E-state index contributed by atoms with van der Waals surface area (Å²) in [6, 6.07) is 5.10. The third-order valence-electron chi connectivity index (χ3n) is 4.44. The van der Waals surface area contributed by atoms with Gasteiger partial charge in [0.05, 0.1) is 43.9 Å². The van der Waals surface area contributed by atoms with Crippen molar-refractivity contribution in [1.29, 1.82) is 0 Å². The molecule has 1 aliphatic rings. The number of rotatable bonds is 8. The minimum absolute atomic E-state index is 0.00437. The number of sulfone groups is 1. The fraction of sp³-hybridized carbons (Fsp3) is 0.474. The Morgan fingerprint density at radius 3 is 2.71 bits per heavy atom. The zero-order valence-corrected chi connectivity index (χ0v) is 16.8. The van der Waals surface area contributed by atoms with Crippen LogP contribution in [0, 0.1) is 19.3 Å². The molecule has 2 amide bonds. The number of amides is 2. The van der Waals surface area contributed by atoms with Crippen LogP contribution in [0.1, 0.15) is 12.0 Å². The van der Waals surface area contributed by atoms with E-state index >= 15 is 0 Å². The van der Waals surface area contributed by atoms with Crippen LogP contribution in [-0.2, 0) is 19.4 Å². The topological polar surface area (TPSA) is 105 Å². The highest BCUT2D eigenvalue weighted by Crippen LogP contribution is 2.24. The first kappa shape index (κ1) is 21.7. The number of carbonyl (C=O) groups excluding carboxylic acids is 2. The molecule has 1 unspecified atom stereocenters. The molecule has 0 aromatic heterocycles. The maximum absolute atomic E-state index is 12.2. The summed E-state index contributed by atoms with van der Waals surface area (Å²) < 4.78 is 28.5. The number of terminal acetylenes is 1. The van der Waals surface area contributed by atoms with Gasteiger partial charge in [0.25, 0.3) is 0 Å². The lowest BCUT2D eigenvalue weighted by atomic mass is 10.2. The van der Waals surface area contributed by atoms with Gasteiger partial charge in [-0.25, -0.2) is 8.42 Å². The van der Waals surface area contributed by atoms with E-state index in [0.717, 1.165) is 5.56 Å². The van der Waals surface area contributed by atoms with Crippen LogP contribution in [0.3, 0.4) is 0 Å². The molecular weight excluding hydrogens is 382 g/mol. The number of aryl methyl sites for hydroxylation is 1. The highest BCUT2D eigenvalue weighted by atomic mass is 32.2. The van der Waals surface area contributed by atoms with Gasteiger partial charge in [-0.15, -0.1) is 6.42 Å². The molecule has 0 aliphatic carbocycles. The largest absolute Gasteiger partial charge is 0.495 e. The highest BCUT2D eigenvalue weighted by Gasteiger charge is 2.32. The molecule has 28 heavy (non-hydrogen) atoms. The van der Waals surface area contributed by atoms with Crippen LogP contribution in [0.4, 0.5) is 5.69 Å². The van der Waals surface area contributed by atoms with Crippen LogP contribution >= 0.6 is 0 Å². The normalized spacial score (nSPS) is 17.7. The third kappa shape index (κ3) is 6.25. The molecule has 1 aromatic carbocycles. The molecule has 0 radical (unpaired) electrons. The Kier molecular flexibility index (Phi) is 7.43. The van der Waals surface area contributed by atoms with Gasteiger partial charge in [0.2, 0.25) is 11.8 Å². The van der Waals surface area contributed by atoms with Crippen molar-refractivity contribution in [3.05, 3.63) is 23.8 Å². The van der Waals surface area contributed by atoms with Crippen molar-refractivity contribution in [2.45, 2.75) is 19.4 Å². The molecule has 1 saturated heterocycles. The molecule has 1 atom stereocenters. The lowest BCUT2D eigenvalue weighted by molar-refractivity contribution is -0.125. The quantitative estimate of drug-likeness (QED) is 0.596. The zero-order chi connectivity index (χ0) is 20.7. The van der Waals surface area contributed by atoms with E-state index in [1.165, 1.54) is 7.11 Å². The molecule has 152 valence electrons. The number of nitrogens with one attached hydrogen (secondary N) is 2. The monoisotopic (exact) mass is 407 g/mol. The van der Waals surface area contributed by atoms with E-state index in [2.05, 4.69) is 16.6 Å². The SMILES string of the molecule is C#CCN(CC(=O)NCC(=O)Nc1cc(C)ccc1OC)C1CCS(=O)(=O)C1. The second-order valence-electron chi connectivity index (χ2n) is 6.69. The van der Waals surface area contributed by atoms with E-state index in [0.29, 0.717) is 17.9 Å². The molecule has 0 saturated carbocycles. The van der Waals surface area contributed by atoms with Crippen molar-refractivity contribution < 1.29 is 22.7 Å². The maximum atomic E-state index is 12.2. The number of benzene rings is 1. The summed E-state index contributed by atoms with van der Waals surface area (Å²) in [5.74, 6) is 2.27. The van der Waals surface area contributed by atoms with Crippen molar-refractivity contribution in [3.63, 3.8) is 0 Å². The zero-order valence-electron chi connectivity index (χ0n) is 16.0. The van der Waals surface area contributed by atoms with Gasteiger partial charge in [-0.05, 0) is 31.0 Å². The number of anilines is 1. The summed E-state index contributed by atoms with van der Waals surface area (Å²) in [5, 5.41) is 5.23. The van der Waals surface area contributed by atoms with Crippen LogP contribution in [0.2, 0.25) is 0 Å². The van der Waals surface area contributed by atoms with Gasteiger partial charge in [-0.1, -0.05) is 12.0 Å². The van der Waals surface area contributed by atoms with E-state index in [9.17, 15) is 18.0 Å². The second kappa shape index (κ2) is 9.57. The Bertz CT molecular complexity index is 876. The van der Waals surface area contributed by atoms with Crippen LogP contribution in [0.15, 0.2) is 18.2 Å². The highest BCUT2D eigenvalue weighted by molar-refractivity contribution is 7.91.